The maximum Gasteiger partial charge on any atom is 0.313 e. The van der Waals surface area contributed by atoms with Crippen molar-refractivity contribution in [2.45, 2.75) is 38.0 Å². The maximum absolute atomic E-state index is 11.5. The van der Waals surface area contributed by atoms with Crippen LogP contribution in [0.3, 0.4) is 0 Å². The Morgan fingerprint density at radius 2 is 1.88 bits per heavy atom. The first-order chi connectivity index (χ1) is 8.11. The van der Waals surface area contributed by atoms with Crippen molar-refractivity contribution in [3.05, 3.63) is 35.9 Å². The Morgan fingerprint density at radius 3 is 2.41 bits per heavy atom. The van der Waals surface area contributed by atoms with Crippen molar-refractivity contribution in [3.63, 3.8) is 0 Å². The van der Waals surface area contributed by atoms with Crippen LogP contribution in [-0.2, 0) is 10.2 Å². The lowest BCUT2D eigenvalue weighted by Crippen LogP contribution is -2.32. The second-order valence-electron chi connectivity index (χ2n) is 4.50. The zero-order valence-corrected chi connectivity index (χ0v) is 11.7. The molecule has 1 atom stereocenters. The van der Waals surface area contributed by atoms with Crippen LogP contribution in [0.5, 0.6) is 0 Å². The number of hydrogen-bond donors (Lipinski definition) is 1. The summed E-state index contributed by atoms with van der Waals surface area (Å²) < 4.78 is 0. The minimum atomic E-state index is -0.756. The highest BCUT2D eigenvalue weighted by atomic mass is 79.9. The summed E-state index contributed by atoms with van der Waals surface area (Å²) in [5, 5.41) is 10.4. The van der Waals surface area contributed by atoms with Gasteiger partial charge in [0.1, 0.15) is 0 Å². The van der Waals surface area contributed by atoms with Gasteiger partial charge in [0.2, 0.25) is 0 Å². The van der Waals surface area contributed by atoms with Gasteiger partial charge in [-0.25, -0.2) is 0 Å². The minimum absolute atomic E-state index is 0.694. The highest BCUT2D eigenvalue weighted by Gasteiger charge is 2.34. The van der Waals surface area contributed by atoms with E-state index < -0.39 is 11.4 Å². The summed E-state index contributed by atoms with van der Waals surface area (Å²) in [5.74, 6) is -0.734. The number of alkyl halides is 1. The van der Waals surface area contributed by atoms with Gasteiger partial charge in [-0.1, -0.05) is 59.1 Å². The third-order valence-corrected chi connectivity index (χ3v) is 3.75. The summed E-state index contributed by atoms with van der Waals surface area (Å²) in [4.78, 5) is 11.5. The largest absolute Gasteiger partial charge is 0.481 e. The fourth-order valence-corrected chi connectivity index (χ4v) is 2.33. The number of hydrogen-bond acceptors (Lipinski definition) is 1. The van der Waals surface area contributed by atoms with E-state index in [0.717, 1.165) is 30.2 Å². The van der Waals surface area contributed by atoms with Crippen LogP contribution < -0.4 is 0 Å². The molecule has 1 aromatic carbocycles. The van der Waals surface area contributed by atoms with Gasteiger partial charge in [-0.3, -0.25) is 4.79 Å². The molecule has 1 N–H and O–H groups in total. The number of carbonyl (C=O) groups is 1. The van der Waals surface area contributed by atoms with E-state index in [4.69, 9.17) is 0 Å². The van der Waals surface area contributed by atoms with Crippen molar-refractivity contribution < 1.29 is 9.90 Å². The lowest BCUT2D eigenvalue weighted by Gasteiger charge is -2.25. The zero-order valence-electron chi connectivity index (χ0n) is 10.2. The first-order valence-electron chi connectivity index (χ1n) is 5.96. The van der Waals surface area contributed by atoms with Crippen molar-refractivity contribution in [1.82, 2.24) is 0 Å². The molecular formula is C14H19BrO2. The third kappa shape index (κ3) is 3.84. The maximum atomic E-state index is 11.5. The van der Waals surface area contributed by atoms with Gasteiger partial charge in [-0.2, -0.15) is 0 Å². The van der Waals surface area contributed by atoms with Gasteiger partial charge in [-0.05, 0) is 25.3 Å². The lowest BCUT2D eigenvalue weighted by molar-refractivity contribution is -0.143. The number of halogens is 1. The lowest BCUT2D eigenvalue weighted by atomic mass is 9.78. The molecule has 0 amide bonds. The van der Waals surface area contributed by atoms with Gasteiger partial charge >= 0.3 is 5.97 Å². The number of carboxylic acids is 1. The third-order valence-electron chi connectivity index (χ3n) is 3.19. The van der Waals surface area contributed by atoms with E-state index in [1.165, 1.54) is 0 Å². The Hall–Kier alpha value is -0.830. The van der Waals surface area contributed by atoms with E-state index in [1.54, 1.807) is 0 Å². The molecule has 1 rings (SSSR count). The first-order valence-corrected chi connectivity index (χ1v) is 7.08. The van der Waals surface area contributed by atoms with E-state index in [2.05, 4.69) is 15.9 Å². The number of aliphatic carboxylic acids is 1. The molecular weight excluding hydrogens is 280 g/mol. The Bertz CT molecular complexity index is 350. The van der Waals surface area contributed by atoms with Crippen molar-refractivity contribution >= 4 is 21.9 Å². The molecule has 0 bridgehead atoms. The van der Waals surface area contributed by atoms with Crippen LogP contribution in [0.25, 0.3) is 0 Å². The van der Waals surface area contributed by atoms with Crippen molar-refractivity contribution in [2.75, 3.05) is 5.33 Å². The predicted molar refractivity (Wildman–Crippen MR) is 73.7 cm³/mol. The molecule has 3 heteroatoms. The molecule has 0 heterocycles. The SMILES string of the molecule is CC(CCCCCBr)(C(=O)O)c1ccccc1. The molecule has 0 spiro atoms. The van der Waals surface area contributed by atoms with Crippen LogP contribution in [0.1, 0.15) is 38.2 Å². The van der Waals surface area contributed by atoms with Crippen LogP contribution in [-0.4, -0.2) is 16.4 Å². The molecule has 0 aliphatic rings. The standard InChI is InChI=1S/C14H19BrO2/c1-14(13(16)17,10-6-3-7-11-15)12-8-4-2-5-9-12/h2,4-5,8-9H,3,6-7,10-11H2,1H3,(H,16,17). The van der Waals surface area contributed by atoms with Crippen LogP contribution in [0.2, 0.25) is 0 Å². The molecule has 1 aromatic rings. The van der Waals surface area contributed by atoms with Gasteiger partial charge in [0.25, 0.3) is 0 Å². The van der Waals surface area contributed by atoms with Gasteiger partial charge in [0.15, 0.2) is 0 Å². The number of rotatable bonds is 7. The molecule has 0 saturated heterocycles. The summed E-state index contributed by atoms with van der Waals surface area (Å²) >= 11 is 3.39. The second-order valence-corrected chi connectivity index (χ2v) is 5.30. The summed E-state index contributed by atoms with van der Waals surface area (Å²) in [7, 11) is 0. The quantitative estimate of drug-likeness (QED) is 0.610. The highest BCUT2D eigenvalue weighted by molar-refractivity contribution is 9.09. The predicted octanol–water partition coefficient (Wildman–Crippen LogP) is 3.98. The molecule has 0 saturated carbocycles. The van der Waals surface area contributed by atoms with Crippen molar-refractivity contribution in [3.8, 4) is 0 Å². The fourth-order valence-electron chi connectivity index (χ4n) is 1.93. The molecule has 0 aromatic heterocycles. The molecule has 0 radical (unpaired) electrons. The minimum Gasteiger partial charge on any atom is -0.481 e. The fraction of sp³-hybridized carbons (Fsp3) is 0.500. The summed E-state index contributed by atoms with van der Waals surface area (Å²) in [6.07, 6.45) is 3.81. The Kier molecular flexibility index (Phi) is 5.69. The molecule has 0 aliphatic heterocycles. The first kappa shape index (κ1) is 14.2. The highest BCUT2D eigenvalue weighted by Crippen LogP contribution is 2.30. The molecule has 1 unspecified atom stereocenters. The Balaban J connectivity index is 2.73. The summed E-state index contributed by atoms with van der Waals surface area (Å²) in [6.45, 7) is 1.82. The summed E-state index contributed by atoms with van der Waals surface area (Å²) in [6, 6.07) is 9.51. The number of carboxylic acid groups (broad SMARTS) is 1. The average Bonchev–Trinajstić information content (AvgIpc) is 2.35. The van der Waals surface area contributed by atoms with Crippen molar-refractivity contribution in [1.29, 1.82) is 0 Å². The molecule has 2 nitrogen and oxygen atoms in total. The number of unbranched alkanes of at least 4 members (excludes halogenated alkanes) is 2. The summed E-state index contributed by atoms with van der Waals surface area (Å²) in [5.41, 5.74) is 0.138. The van der Waals surface area contributed by atoms with Gasteiger partial charge < -0.3 is 5.11 Å². The smallest absolute Gasteiger partial charge is 0.313 e. The molecule has 0 aliphatic carbocycles. The molecule has 0 fully saturated rings. The normalized spacial score (nSPS) is 14.2. The van der Waals surface area contributed by atoms with E-state index >= 15 is 0 Å². The Morgan fingerprint density at radius 1 is 1.24 bits per heavy atom. The topological polar surface area (TPSA) is 37.3 Å². The van der Waals surface area contributed by atoms with Crippen LogP contribution >= 0.6 is 15.9 Å². The Labute approximate surface area is 111 Å². The van der Waals surface area contributed by atoms with Gasteiger partial charge in [0.05, 0.1) is 5.41 Å². The second kappa shape index (κ2) is 6.80. The van der Waals surface area contributed by atoms with E-state index in [1.807, 2.05) is 37.3 Å². The van der Waals surface area contributed by atoms with E-state index in [0.29, 0.717) is 6.42 Å². The molecule has 17 heavy (non-hydrogen) atoms. The van der Waals surface area contributed by atoms with Crippen LogP contribution in [0, 0.1) is 0 Å². The van der Waals surface area contributed by atoms with Crippen LogP contribution in [0.15, 0.2) is 30.3 Å². The van der Waals surface area contributed by atoms with Gasteiger partial charge in [-0.15, -0.1) is 0 Å². The monoisotopic (exact) mass is 298 g/mol. The van der Waals surface area contributed by atoms with E-state index in [9.17, 15) is 9.90 Å². The number of benzene rings is 1. The van der Waals surface area contributed by atoms with Crippen LogP contribution in [0.4, 0.5) is 0 Å². The van der Waals surface area contributed by atoms with Gasteiger partial charge in [0, 0.05) is 5.33 Å². The van der Waals surface area contributed by atoms with Crippen molar-refractivity contribution in [2.24, 2.45) is 0 Å². The molecule has 94 valence electrons. The zero-order chi connectivity index (χ0) is 12.7. The van der Waals surface area contributed by atoms with E-state index in [-0.39, 0.29) is 0 Å². The average molecular weight is 299 g/mol.